The SMILES string of the molecule is CCCCc1c(C(C)(C)C)nn(CC)c1O. The van der Waals surface area contributed by atoms with Gasteiger partial charge in [-0.2, -0.15) is 5.10 Å². The van der Waals surface area contributed by atoms with Crippen molar-refractivity contribution in [1.82, 2.24) is 9.78 Å². The van der Waals surface area contributed by atoms with Gasteiger partial charge in [-0.1, -0.05) is 34.1 Å². The van der Waals surface area contributed by atoms with Gasteiger partial charge in [0.05, 0.1) is 5.69 Å². The Labute approximate surface area is 98.5 Å². The normalized spacial score (nSPS) is 12.1. The second kappa shape index (κ2) is 4.89. The van der Waals surface area contributed by atoms with E-state index in [0.717, 1.165) is 37.1 Å². The largest absolute Gasteiger partial charge is 0.493 e. The van der Waals surface area contributed by atoms with Gasteiger partial charge in [0, 0.05) is 17.5 Å². The van der Waals surface area contributed by atoms with Crippen molar-refractivity contribution in [2.75, 3.05) is 0 Å². The van der Waals surface area contributed by atoms with Gasteiger partial charge in [-0.15, -0.1) is 0 Å². The molecule has 0 aromatic carbocycles. The maximum Gasteiger partial charge on any atom is 0.212 e. The number of unbranched alkanes of at least 4 members (excludes halogenated alkanes) is 1. The van der Waals surface area contributed by atoms with Gasteiger partial charge in [-0.05, 0) is 19.8 Å². The molecule has 0 spiro atoms. The summed E-state index contributed by atoms with van der Waals surface area (Å²) < 4.78 is 1.70. The van der Waals surface area contributed by atoms with Crippen LogP contribution in [0.4, 0.5) is 0 Å². The quantitative estimate of drug-likeness (QED) is 0.852. The molecular formula is C13H24N2O. The second-order valence-electron chi connectivity index (χ2n) is 5.32. The Balaban J connectivity index is 3.14. The van der Waals surface area contributed by atoms with Crippen LogP contribution in [0.2, 0.25) is 0 Å². The molecule has 0 atom stereocenters. The minimum Gasteiger partial charge on any atom is -0.493 e. The second-order valence-corrected chi connectivity index (χ2v) is 5.32. The van der Waals surface area contributed by atoms with Gasteiger partial charge in [0.15, 0.2) is 0 Å². The number of nitrogens with zero attached hydrogens (tertiary/aromatic N) is 2. The fourth-order valence-electron chi connectivity index (χ4n) is 1.90. The van der Waals surface area contributed by atoms with Gasteiger partial charge in [-0.25, -0.2) is 4.68 Å². The fourth-order valence-corrected chi connectivity index (χ4v) is 1.90. The Morgan fingerprint density at radius 2 is 1.88 bits per heavy atom. The van der Waals surface area contributed by atoms with Crippen LogP contribution in [0.25, 0.3) is 0 Å². The summed E-state index contributed by atoms with van der Waals surface area (Å²) in [4.78, 5) is 0. The smallest absolute Gasteiger partial charge is 0.212 e. The van der Waals surface area contributed by atoms with Crippen LogP contribution in [0.3, 0.4) is 0 Å². The average molecular weight is 224 g/mol. The third-order valence-corrected chi connectivity index (χ3v) is 2.81. The van der Waals surface area contributed by atoms with Gasteiger partial charge in [0.1, 0.15) is 0 Å². The molecule has 3 heteroatoms. The molecule has 0 bridgehead atoms. The summed E-state index contributed by atoms with van der Waals surface area (Å²) in [5.41, 5.74) is 2.08. The average Bonchev–Trinajstić information content (AvgIpc) is 2.52. The van der Waals surface area contributed by atoms with Crippen molar-refractivity contribution in [3.8, 4) is 5.88 Å². The van der Waals surface area contributed by atoms with E-state index in [1.165, 1.54) is 0 Å². The molecule has 1 heterocycles. The van der Waals surface area contributed by atoms with Crippen molar-refractivity contribution in [1.29, 1.82) is 0 Å². The number of aryl methyl sites for hydroxylation is 1. The van der Waals surface area contributed by atoms with Gasteiger partial charge in [0.2, 0.25) is 5.88 Å². The van der Waals surface area contributed by atoms with Crippen LogP contribution < -0.4 is 0 Å². The van der Waals surface area contributed by atoms with Gasteiger partial charge in [-0.3, -0.25) is 0 Å². The van der Waals surface area contributed by atoms with E-state index in [-0.39, 0.29) is 5.41 Å². The molecule has 0 radical (unpaired) electrons. The minimum atomic E-state index is 0.000967. The predicted octanol–water partition coefficient (Wildman–Crippen LogP) is 3.25. The first kappa shape index (κ1) is 13.1. The molecule has 0 unspecified atom stereocenters. The van der Waals surface area contributed by atoms with E-state index >= 15 is 0 Å². The van der Waals surface area contributed by atoms with Crippen molar-refractivity contribution >= 4 is 0 Å². The van der Waals surface area contributed by atoms with Crippen LogP contribution in [-0.4, -0.2) is 14.9 Å². The molecule has 0 aliphatic heterocycles. The molecule has 1 aromatic heterocycles. The van der Waals surface area contributed by atoms with Crippen molar-refractivity contribution in [3.05, 3.63) is 11.3 Å². The summed E-state index contributed by atoms with van der Waals surface area (Å²) in [7, 11) is 0. The molecule has 92 valence electrons. The van der Waals surface area contributed by atoms with Gasteiger partial charge < -0.3 is 5.11 Å². The van der Waals surface area contributed by atoms with Crippen molar-refractivity contribution in [2.24, 2.45) is 0 Å². The lowest BCUT2D eigenvalue weighted by atomic mass is 9.88. The molecule has 0 aliphatic rings. The Bertz CT molecular complexity index is 348. The molecule has 3 nitrogen and oxygen atoms in total. The van der Waals surface area contributed by atoms with E-state index in [4.69, 9.17) is 0 Å². The summed E-state index contributed by atoms with van der Waals surface area (Å²) in [6.07, 6.45) is 3.17. The zero-order chi connectivity index (χ0) is 12.3. The maximum atomic E-state index is 10.1. The molecule has 1 N–H and O–H groups in total. The highest BCUT2D eigenvalue weighted by atomic mass is 16.3. The molecule has 0 saturated carbocycles. The third kappa shape index (κ3) is 2.57. The molecule has 0 aliphatic carbocycles. The Kier molecular flexibility index (Phi) is 4.00. The molecule has 16 heavy (non-hydrogen) atoms. The van der Waals surface area contributed by atoms with Crippen LogP contribution in [0.15, 0.2) is 0 Å². The van der Waals surface area contributed by atoms with E-state index < -0.39 is 0 Å². The first-order valence-corrected chi connectivity index (χ1v) is 6.20. The number of aromatic hydroxyl groups is 1. The Morgan fingerprint density at radius 3 is 2.31 bits per heavy atom. The standard InChI is InChI=1S/C13H24N2O/c1-6-8-9-10-11(13(3,4)5)14-15(7-2)12(10)16/h16H,6-9H2,1-5H3. The van der Waals surface area contributed by atoms with E-state index in [2.05, 4.69) is 32.8 Å². The molecule has 0 saturated heterocycles. The Morgan fingerprint density at radius 1 is 1.25 bits per heavy atom. The summed E-state index contributed by atoms with van der Waals surface area (Å²) in [6.45, 7) is 11.3. The molecular weight excluding hydrogens is 200 g/mol. The van der Waals surface area contributed by atoms with E-state index in [1.54, 1.807) is 4.68 Å². The lowest BCUT2D eigenvalue weighted by molar-refractivity contribution is 0.399. The topological polar surface area (TPSA) is 38.0 Å². The van der Waals surface area contributed by atoms with E-state index in [1.807, 2.05) is 6.92 Å². The fraction of sp³-hybridized carbons (Fsp3) is 0.769. The summed E-state index contributed by atoms with van der Waals surface area (Å²) in [5.74, 6) is 0.362. The first-order valence-electron chi connectivity index (χ1n) is 6.20. The summed E-state index contributed by atoms with van der Waals surface area (Å²) in [5, 5.41) is 14.6. The van der Waals surface area contributed by atoms with E-state index in [9.17, 15) is 5.11 Å². The van der Waals surface area contributed by atoms with Crippen LogP contribution in [0.5, 0.6) is 5.88 Å². The minimum absolute atomic E-state index is 0.000967. The van der Waals surface area contributed by atoms with Crippen molar-refractivity contribution in [3.63, 3.8) is 0 Å². The highest BCUT2D eigenvalue weighted by Gasteiger charge is 2.25. The number of rotatable bonds is 4. The number of hydrogen-bond donors (Lipinski definition) is 1. The van der Waals surface area contributed by atoms with Crippen LogP contribution in [-0.2, 0) is 18.4 Å². The highest BCUT2D eigenvalue weighted by molar-refractivity contribution is 5.35. The number of hydrogen-bond acceptors (Lipinski definition) is 2. The monoisotopic (exact) mass is 224 g/mol. The van der Waals surface area contributed by atoms with E-state index in [0.29, 0.717) is 5.88 Å². The van der Waals surface area contributed by atoms with Gasteiger partial charge >= 0.3 is 0 Å². The van der Waals surface area contributed by atoms with Crippen LogP contribution >= 0.6 is 0 Å². The number of aromatic nitrogens is 2. The predicted molar refractivity (Wildman–Crippen MR) is 66.9 cm³/mol. The highest BCUT2D eigenvalue weighted by Crippen LogP contribution is 2.31. The first-order chi connectivity index (χ1) is 7.41. The lowest BCUT2D eigenvalue weighted by Crippen LogP contribution is -2.15. The summed E-state index contributed by atoms with van der Waals surface area (Å²) >= 11 is 0. The summed E-state index contributed by atoms with van der Waals surface area (Å²) in [6, 6.07) is 0. The molecule has 0 amide bonds. The zero-order valence-electron chi connectivity index (χ0n) is 11.2. The third-order valence-electron chi connectivity index (χ3n) is 2.81. The van der Waals surface area contributed by atoms with Crippen molar-refractivity contribution < 1.29 is 5.11 Å². The maximum absolute atomic E-state index is 10.1. The van der Waals surface area contributed by atoms with Crippen LogP contribution in [0.1, 0.15) is 58.7 Å². The van der Waals surface area contributed by atoms with Gasteiger partial charge in [0.25, 0.3) is 0 Å². The molecule has 1 rings (SSSR count). The Hall–Kier alpha value is -0.990. The molecule has 0 fully saturated rings. The zero-order valence-corrected chi connectivity index (χ0v) is 11.2. The molecule has 1 aromatic rings. The lowest BCUT2D eigenvalue weighted by Gasteiger charge is -2.17. The van der Waals surface area contributed by atoms with Crippen LogP contribution in [0, 0.1) is 0 Å². The van der Waals surface area contributed by atoms with Crippen molar-refractivity contribution in [2.45, 2.75) is 65.8 Å².